The zero-order valence-corrected chi connectivity index (χ0v) is 15.3. The van der Waals surface area contributed by atoms with Crippen molar-refractivity contribution in [3.8, 4) is 5.75 Å². The molecule has 154 valence electrons. The Morgan fingerprint density at radius 2 is 1.83 bits per heavy atom. The maximum absolute atomic E-state index is 13.1. The number of imide groups is 1. The fourth-order valence-electron chi connectivity index (χ4n) is 2.39. The number of aryl methyl sites for hydroxylation is 2. The van der Waals surface area contributed by atoms with Gasteiger partial charge in [0.25, 0.3) is 11.6 Å². The van der Waals surface area contributed by atoms with E-state index in [9.17, 15) is 32.9 Å². The van der Waals surface area contributed by atoms with E-state index in [0.29, 0.717) is 11.8 Å². The number of urea groups is 1. The molecule has 0 atom stereocenters. The minimum absolute atomic E-state index is 0.306. The van der Waals surface area contributed by atoms with Gasteiger partial charge in [-0.1, -0.05) is 17.7 Å². The Labute approximate surface area is 162 Å². The van der Waals surface area contributed by atoms with Gasteiger partial charge in [0.05, 0.1) is 4.92 Å². The molecular formula is C18H16F3N3O5. The summed E-state index contributed by atoms with van der Waals surface area (Å²) >= 11 is 0. The Bertz CT molecular complexity index is 960. The van der Waals surface area contributed by atoms with Gasteiger partial charge in [-0.15, -0.1) is 0 Å². The molecule has 2 rings (SSSR count). The lowest BCUT2D eigenvalue weighted by Gasteiger charge is -2.14. The lowest BCUT2D eigenvalue weighted by atomic mass is 10.1. The number of amides is 3. The van der Waals surface area contributed by atoms with E-state index in [2.05, 4.69) is 5.32 Å². The van der Waals surface area contributed by atoms with E-state index in [1.54, 1.807) is 19.1 Å². The number of benzene rings is 2. The normalized spacial score (nSPS) is 10.9. The molecule has 0 radical (unpaired) electrons. The molecule has 0 aliphatic carbocycles. The Morgan fingerprint density at radius 1 is 1.14 bits per heavy atom. The van der Waals surface area contributed by atoms with Crippen LogP contribution in [0.4, 0.5) is 29.3 Å². The second-order valence-corrected chi connectivity index (χ2v) is 6.04. The van der Waals surface area contributed by atoms with Gasteiger partial charge in [0.2, 0.25) is 0 Å². The fraction of sp³-hybridized carbons (Fsp3) is 0.222. The van der Waals surface area contributed by atoms with Gasteiger partial charge in [-0.2, -0.15) is 13.2 Å². The third-order valence-electron chi connectivity index (χ3n) is 3.72. The number of hydrogen-bond acceptors (Lipinski definition) is 5. The molecule has 29 heavy (non-hydrogen) atoms. The maximum atomic E-state index is 13.1. The van der Waals surface area contributed by atoms with Crippen LogP contribution in [-0.4, -0.2) is 23.5 Å². The zero-order valence-electron chi connectivity index (χ0n) is 15.3. The summed E-state index contributed by atoms with van der Waals surface area (Å²) in [5, 5.41) is 15.0. The fourth-order valence-corrected chi connectivity index (χ4v) is 2.39. The first-order valence-electron chi connectivity index (χ1n) is 8.14. The predicted molar refractivity (Wildman–Crippen MR) is 96.7 cm³/mol. The molecule has 0 saturated heterocycles. The summed E-state index contributed by atoms with van der Waals surface area (Å²) in [5.41, 5.74) is 0.00352. The SMILES string of the molecule is Cc1ccc(NC(=O)NC(=O)COc2ccc([N+](=O)[O-])cc2C(F)(F)F)c(C)c1. The lowest BCUT2D eigenvalue weighted by Crippen LogP contribution is -2.37. The molecule has 2 aromatic rings. The summed E-state index contributed by atoms with van der Waals surface area (Å²) in [5.74, 6) is -1.77. The van der Waals surface area contributed by atoms with Crippen molar-refractivity contribution in [3.05, 3.63) is 63.2 Å². The molecular weight excluding hydrogens is 395 g/mol. The van der Waals surface area contributed by atoms with Crippen molar-refractivity contribution in [2.75, 3.05) is 11.9 Å². The van der Waals surface area contributed by atoms with E-state index in [4.69, 9.17) is 4.74 Å². The van der Waals surface area contributed by atoms with Crippen LogP contribution in [0.15, 0.2) is 36.4 Å². The summed E-state index contributed by atoms with van der Waals surface area (Å²) in [7, 11) is 0. The van der Waals surface area contributed by atoms with Crippen LogP contribution in [0.3, 0.4) is 0 Å². The number of rotatable bonds is 5. The van der Waals surface area contributed by atoms with Crippen molar-refractivity contribution < 1.29 is 32.4 Å². The van der Waals surface area contributed by atoms with E-state index in [1.807, 2.05) is 18.3 Å². The number of carbonyl (C=O) groups is 2. The van der Waals surface area contributed by atoms with Gasteiger partial charge in [-0.3, -0.25) is 20.2 Å². The molecule has 0 spiro atoms. The van der Waals surface area contributed by atoms with Crippen molar-refractivity contribution in [1.29, 1.82) is 0 Å². The van der Waals surface area contributed by atoms with Crippen molar-refractivity contribution in [3.63, 3.8) is 0 Å². The van der Waals surface area contributed by atoms with Crippen LogP contribution in [0.1, 0.15) is 16.7 Å². The minimum atomic E-state index is -4.93. The second-order valence-electron chi connectivity index (χ2n) is 6.04. The highest BCUT2D eigenvalue weighted by Gasteiger charge is 2.36. The molecule has 0 bridgehead atoms. The van der Waals surface area contributed by atoms with E-state index < -0.39 is 46.6 Å². The van der Waals surface area contributed by atoms with Crippen molar-refractivity contribution >= 4 is 23.3 Å². The number of non-ortho nitro benzene ring substituents is 1. The van der Waals surface area contributed by atoms with Crippen LogP contribution < -0.4 is 15.4 Å². The average molecular weight is 411 g/mol. The monoisotopic (exact) mass is 411 g/mol. The number of ether oxygens (including phenoxy) is 1. The number of nitro groups is 1. The number of nitro benzene ring substituents is 1. The van der Waals surface area contributed by atoms with Crippen molar-refractivity contribution in [1.82, 2.24) is 5.32 Å². The molecule has 0 fully saturated rings. The minimum Gasteiger partial charge on any atom is -0.483 e. The van der Waals surface area contributed by atoms with Gasteiger partial charge in [-0.05, 0) is 31.5 Å². The Balaban J connectivity index is 2.01. The van der Waals surface area contributed by atoms with Crippen LogP contribution in [0.25, 0.3) is 0 Å². The van der Waals surface area contributed by atoms with E-state index in [0.717, 1.165) is 23.3 Å². The smallest absolute Gasteiger partial charge is 0.420 e. The first-order valence-corrected chi connectivity index (χ1v) is 8.14. The van der Waals surface area contributed by atoms with Crippen LogP contribution in [0.5, 0.6) is 5.75 Å². The average Bonchev–Trinajstić information content (AvgIpc) is 2.61. The molecule has 0 heterocycles. The number of anilines is 1. The predicted octanol–water partition coefficient (Wildman–Crippen LogP) is 3.96. The van der Waals surface area contributed by atoms with E-state index in [-0.39, 0.29) is 0 Å². The molecule has 8 nitrogen and oxygen atoms in total. The standard InChI is InChI=1S/C18H16F3N3O5/c1-10-3-5-14(11(2)7-10)22-17(26)23-16(25)9-29-15-6-4-12(24(27)28)8-13(15)18(19,20)21/h3-8H,9H2,1-2H3,(H2,22,23,25,26). The number of alkyl halides is 3. The summed E-state index contributed by atoms with van der Waals surface area (Å²) < 4.78 is 44.0. The molecule has 0 aliphatic rings. The van der Waals surface area contributed by atoms with Gasteiger partial charge in [0, 0.05) is 17.8 Å². The third-order valence-corrected chi connectivity index (χ3v) is 3.72. The summed E-state index contributed by atoms with van der Waals surface area (Å²) in [4.78, 5) is 33.3. The highest BCUT2D eigenvalue weighted by atomic mass is 19.4. The molecule has 0 unspecified atom stereocenters. The molecule has 11 heteroatoms. The summed E-state index contributed by atoms with van der Waals surface area (Å²) in [6, 6.07) is 6.18. The van der Waals surface area contributed by atoms with E-state index >= 15 is 0 Å². The molecule has 3 amide bonds. The van der Waals surface area contributed by atoms with E-state index in [1.165, 1.54) is 0 Å². The largest absolute Gasteiger partial charge is 0.483 e. The van der Waals surface area contributed by atoms with Gasteiger partial charge in [-0.25, -0.2) is 4.79 Å². The van der Waals surface area contributed by atoms with Gasteiger partial charge in [0.1, 0.15) is 11.3 Å². The number of nitrogens with zero attached hydrogens (tertiary/aromatic N) is 1. The molecule has 0 aromatic heterocycles. The van der Waals surface area contributed by atoms with Crippen LogP contribution in [-0.2, 0) is 11.0 Å². The Morgan fingerprint density at radius 3 is 2.41 bits per heavy atom. The van der Waals surface area contributed by atoms with Gasteiger partial charge < -0.3 is 10.1 Å². The molecule has 0 saturated carbocycles. The van der Waals surface area contributed by atoms with Crippen molar-refractivity contribution in [2.24, 2.45) is 0 Å². The topological polar surface area (TPSA) is 111 Å². The van der Waals surface area contributed by atoms with Gasteiger partial charge in [0.15, 0.2) is 6.61 Å². The quantitative estimate of drug-likeness (QED) is 0.572. The Hall–Kier alpha value is -3.63. The first kappa shape index (κ1) is 21.7. The number of halogens is 3. The highest BCUT2D eigenvalue weighted by molar-refractivity contribution is 6.01. The molecule has 0 aliphatic heterocycles. The van der Waals surface area contributed by atoms with Crippen LogP contribution in [0, 0.1) is 24.0 Å². The zero-order chi connectivity index (χ0) is 21.8. The summed E-state index contributed by atoms with van der Waals surface area (Å²) in [6.45, 7) is 2.72. The highest BCUT2D eigenvalue weighted by Crippen LogP contribution is 2.38. The van der Waals surface area contributed by atoms with Crippen LogP contribution >= 0.6 is 0 Å². The summed E-state index contributed by atoms with van der Waals surface area (Å²) in [6.07, 6.45) is -4.93. The van der Waals surface area contributed by atoms with Crippen molar-refractivity contribution in [2.45, 2.75) is 20.0 Å². The number of nitrogens with one attached hydrogen (secondary N) is 2. The third kappa shape index (κ3) is 5.92. The van der Waals surface area contributed by atoms with Gasteiger partial charge >= 0.3 is 12.2 Å². The Kier molecular flexibility index (Phi) is 6.42. The number of hydrogen-bond donors (Lipinski definition) is 2. The van der Waals surface area contributed by atoms with Crippen LogP contribution in [0.2, 0.25) is 0 Å². The lowest BCUT2D eigenvalue weighted by molar-refractivity contribution is -0.385. The molecule has 2 N–H and O–H groups in total. The maximum Gasteiger partial charge on any atom is 0.420 e. The number of carbonyl (C=O) groups excluding carboxylic acids is 2. The first-order chi connectivity index (χ1) is 13.5. The molecule has 2 aromatic carbocycles. The second kappa shape index (κ2) is 8.59.